The first kappa shape index (κ1) is 14.7. The minimum absolute atomic E-state index is 0.0217. The summed E-state index contributed by atoms with van der Waals surface area (Å²) < 4.78 is 23.9. The Kier molecular flexibility index (Phi) is 4.14. The van der Waals surface area contributed by atoms with Crippen LogP contribution in [0.5, 0.6) is 0 Å². The molecule has 2 saturated heterocycles. The maximum atomic E-state index is 11.9. The molecule has 1 aromatic rings. The SMILES string of the molecule is CS(=O)(=O)C1CNNC1C1CCCN(c2ccccn2)C1. The van der Waals surface area contributed by atoms with Crippen molar-refractivity contribution in [1.29, 1.82) is 0 Å². The first-order chi connectivity index (χ1) is 10.1. The average Bonchev–Trinajstić information content (AvgIpc) is 2.98. The molecule has 7 heteroatoms. The van der Waals surface area contributed by atoms with Crippen LogP contribution in [0.15, 0.2) is 24.4 Å². The van der Waals surface area contributed by atoms with Crippen molar-refractivity contribution in [3.8, 4) is 0 Å². The summed E-state index contributed by atoms with van der Waals surface area (Å²) in [7, 11) is -3.04. The summed E-state index contributed by atoms with van der Waals surface area (Å²) in [6, 6.07) is 5.89. The number of hydrogen-bond donors (Lipinski definition) is 2. The lowest BCUT2D eigenvalue weighted by Crippen LogP contribution is -2.50. The molecule has 0 saturated carbocycles. The largest absolute Gasteiger partial charge is 0.356 e. The number of aromatic nitrogens is 1. The molecule has 0 spiro atoms. The second kappa shape index (κ2) is 5.90. The van der Waals surface area contributed by atoms with Crippen molar-refractivity contribution >= 4 is 15.7 Å². The van der Waals surface area contributed by atoms with Crippen molar-refractivity contribution in [1.82, 2.24) is 15.8 Å². The fraction of sp³-hybridized carbons (Fsp3) is 0.643. The molecule has 0 amide bonds. The Labute approximate surface area is 125 Å². The van der Waals surface area contributed by atoms with Crippen LogP contribution in [-0.4, -0.2) is 50.6 Å². The van der Waals surface area contributed by atoms with Gasteiger partial charge >= 0.3 is 0 Å². The van der Waals surface area contributed by atoms with E-state index < -0.39 is 9.84 Å². The molecule has 3 unspecified atom stereocenters. The molecule has 116 valence electrons. The van der Waals surface area contributed by atoms with Gasteiger partial charge in [0.2, 0.25) is 0 Å². The monoisotopic (exact) mass is 310 g/mol. The highest BCUT2D eigenvalue weighted by molar-refractivity contribution is 7.91. The van der Waals surface area contributed by atoms with Crippen molar-refractivity contribution in [2.75, 3.05) is 30.8 Å². The zero-order chi connectivity index (χ0) is 14.9. The number of hydrazine groups is 1. The minimum Gasteiger partial charge on any atom is -0.356 e. The van der Waals surface area contributed by atoms with Crippen LogP contribution in [0.25, 0.3) is 0 Å². The summed E-state index contributed by atoms with van der Waals surface area (Å²) in [5, 5.41) is -0.341. The number of anilines is 1. The third-order valence-corrected chi connectivity index (χ3v) is 6.02. The van der Waals surface area contributed by atoms with Gasteiger partial charge in [-0.1, -0.05) is 6.07 Å². The number of nitrogens with one attached hydrogen (secondary N) is 2. The minimum atomic E-state index is -3.04. The number of nitrogens with zero attached hydrogens (tertiary/aromatic N) is 2. The van der Waals surface area contributed by atoms with E-state index in [-0.39, 0.29) is 11.3 Å². The van der Waals surface area contributed by atoms with Gasteiger partial charge in [0, 0.05) is 38.1 Å². The summed E-state index contributed by atoms with van der Waals surface area (Å²) in [6.07, 6.45) is 5.25. The highest BCUT2D eigenvalue weighted by Gasteiger charge is 2.41. The maximum Gasteiger partial charge on any atom is 0.153 e. The van der Waals surface area contributed by atoms with E-state index in [1.165, 1.54) is 6.26 Å². The third kappa shape index (κ3) is 3.20. The Balaban J connectivity index is 1.74. The zero-order valence-corrected chi connectivity index (χ0v) is 13.0. The average molecular weight is 310 g/mol. The molecule has 3 rings (SSSR count). The van der Waals surface area contributed by atoms with Crippen LogP contribution < -0.4 is 15.8 Å². The van der Waals surface area contributed by atoms with Crippen molar-refractivity contribution in [3.63, 3.8) is 0 Å². The third-order valence-electron chi connectivity index (χ3n) is 4.46. The highest BCUT2D eigenvalue weighted by Crippen LogP contribution is 2.27. The lowest BCUT2D eigenvalue weighted by atomic mass is 9.89. The standard InChI is InChI=1S/C14H22N4O2S/c1-21(19,20)12-9-16-17-14(12)11-5-4-8-18(10-11)13-6-2-3-7-15-13/h2-3,6-7,11-12,14,16-17H,4-5,8-10H2,1H3. The van der Waals surface area contributed by atoms with Gasteiger partial charge in [0.15, 0.2) is 9.84 Å². The smallest absolute Gasteiger partial charge is 0.153 e. The number of hydrogen-bond acceptors (Lipinski definition) is 6. The predicted octanol–water partition coefficient (Wildman–Crippen LogP) is 0.188. The Morgan fingerprint density at radius 2 is 2.24 bits per heavy atom. The van der Waals surface area contributed by atoms with E-state index >= 15 is 0 Å². The van der Waals surface area contributed by atoms with Crippen LogP contribution in [0.3, 0.4) is 0 Å². The van der Waals surface area contributed by atoms with Crippen LogP contribution in [-0.2, 0) is 9.84 Å². The molecule has 3 atom stereocenters. The molecule has 21 heavy (non-hydrogen) atoms. The molecule has 3 heterocycles. The van der Waals surface area contributed by atoms with E-state index in [9.17, 15) is 8.42 Å². The fourth-order valence-corrected chi connectivity index (χ4v) is 4.60. The van der Waals surface area contributed by atoms with Gasteiger partial charge in [0.1, 0.15) is 5.82 Å². The van der Waals surface area contributed by atoms with Gasteiger partial charge in [-0.15, -0.1) is 0 Å². The van der Waals surface area contributed by atoms with Gasteiger partial charge in [-0.25, -0.2) is 13.4 Å². The molecular weight excluding hydrogens is 288 g/mol. The topological polar surface area (TPSA) is 74.3 Å². The van der Waals surface area contributed by atoms with Gasteiger partial charge < -0.3 is 4.90 Å². The van der Waals surface area contributed by atoms with Gasteiger partial charge in [0.25, 0.3) is 0 Å². The number of piperidine rings is 1. The molecule has 0 aromatic carbocycles. The molecule has 0 radical (unpaired) electrons. The summed E-state index contributed by atoms with van der Waals surface area (Å²) in [5.74, 6) is 1.29. The molecule has 2 N–H and O–H groups in total. The van der Waals surface area contributed by atoms with Gasteiger partial charge in [-0.05, 0) is 30.9 Å². The maximum absolute atomic E-state index is 11.9. The predicted molar refractivity (Wildman–Crippen MR) is 82.7 cm³/mol. The Bertz CT molecular complexity index is 578. The van der Waals surface area contributed by atoms with Crippen LogP contribution in [0.1, 0.15) is 12.8 Å². The van der Waals surface area contributed by atoms with E-state index in [1.807, 2.05) is 18.2 Å². The fourth-order valence-electron chi connectivity index (χ4n) is 3.39. The lowest BCUT2D eigenvalue weighted by Gasteiger charge is -2.37. The Morgan fingerprint density at radius 1 is 1.38 bits per heavy atom. The van der Waals surface area contributed by atoms with E-state index in [0.29, 0.717) is 12.5 Å². The Hall–Kier alpha value is -1.18. The quantitative estimate of drug-likeness (QED) is 0.830. The van der Waals surface area contributed by atoms with Gasteiger partial charge in [-0.2, -0.15) is 0 Å². The second-order valence-corrected chi connectivity index (χ2v) is 8.22. The van der Waals surface area contributed by atoms with E-state index in [4.69, 9.17) is 0 Å². The van der Waals surface area contributed by atoms with Crippen LogP contribution in [0, 0.1) is 5.92 Å². The first-order valence-electron chi connectivity index (χ1n) is 7.39. The summed E-state index contributed by atoms with van der Waals surface area (Å²) >= 11 is 0. The lowest BCUT2D eigenvalue weighted by molar-refractivity contribution is 0.320. The Morgan fingerprint density at radius 3 is 2.95 bits per heavy atom. The normalized spacial score (nSPS) is 30.5. The zero-order valence-electron chi connectivity index (χ0n) is 12.2. The second-order valence-electron chi connectivity index (χ2n) is 5.96. The molecule has 2 aliphatic heterocycles. The van der Waals surface area contributed by atoms with Crippen molar-refractivity contribution in [2.45, 2.75) is 24.1 Å². The van der Waals surface area contributed by atoms with E-state index in [0.717, 1.165) is 31.7 Å². The number of sulfone groups is 1. The number of pyridine rings is 1. The molecule has 1 aromatic heterocycles. The molecule has 0 bridgehead atoms. The summed E-state index contributed by atoms with van der Waals surface area (Å²) in [6.45, 7) is 2.32. The van der Waals surface area contributed by atoms with E-state index in [2.05, 4.69) is 20.7 Å². The molecular formula is C14H22N4O2S. The van der Waals surface area contributed by atoms with Gasteiger partial charge in [-0.3, -0.25) is 10.9 Å². The van der Waals surface area contributed by atoms with Crippen molar-refractivity contribution in [2.24, 2.45) is 5.92 Å². The highest BCUT2D eigenvalue weighted by atomic mass is 32.2. The van der Waals surface area contributed by atoms with Gasteiger partial charge in [0.05, 0.1) is 5.25 Å². The molecule has 6 nitrogen and oxygen atoms in total. The van der Waals surface area contributed by atoms with Crippen LogP contribution in [0.4, 0.5) is 5.82 Å². The van der Waals surface area contributed by atoms with Crippen molar-refractivity contribution in [3.05, 3.63) is 24.4 Å². The molecule has 2 aliphatic rings. The van der Waals surface area contributed by atoms with Crippen LogP contribution in [0.2, 0.25) is 0 Å². The first-order valence-corrected chi connectivity index (χ1v) is 9.34. The number of rotatable bonds is 3. The van der Waals surface area contributed by atoms with Crippen LogP contribution >= 0.6 is 0 Å². The van der Waals surface area contributed by atoms with Crippen molar-refractivity contribution < 1.29 is 8.42 Å². The van der Waals surface area contributed by atoms with E-state index in [1.54, 1.807) is 6.20 Å². The molecule has 0 aliphatic carbocycles. The molecule has 2 fully saturated rings. The summed E-state index contributed by atoms with van der Waals surface area (Å²) in [5.41, 5.74) is 6.20. The summed E-state index contributed by atoms with van der Waals surface area (Å²) in [4.78, 5) is 6.66.